The molecule has 144 valence electrons. The van der Waals surface area contributed by atoms with Crippen LogP contribution < -0.4 is 20.5 Å². The van der Waals surface area contributed by atoms with Crippen LogP contribution in [0, 0.1) is 5.92 Å². The van der Waals surface area contributed by atoms with E-state index < -0.39 is 0 Å². The molecule has 1 amide bonds. The maximum absolute atomic E-state index is 12.1. The summed E-state index contributed by atoms with van der Waals surface area (Å²) in [5.41, 5.74) is 7.34. The highest BCUT2D eigenvalue weighted by Crippen LogP contribution is 2.31. The lowest BCUT2D eigenvalue weighted by Crippen LogP contribution is -2.34. The lowest BCUT2D eigenvalue weighted by Gasteiger charge is -2.17. The summed E-state index contributed by atoms with van der Waals surface area (Å²) in [7, 11) is 1.57. The number of nitrogens with one attached hydrogen (secondary N) is 1. The first-order chi connectivity index (χ1) is 11.5. The lowest BCUT2D eigenvalue weighted by atomic mass is 10.0. The Hall–Kier alpha value is -2.02. The van der Waals surface area contributed by atoms with Gasteiger partial charge in [-0.3, -0.25) is 9.78 Å². The number of rotatable bonds is 7. The third kappa shape index (κ3) is 6.71. The molecule has 8 heteroatoms. The number of anilines is 1. The monoisotopic (exact) mass is 401 g/mol. The fourth-order valence-electron chi connectivity index (χ4n) is 2.01. The summed E-state index contributed by atoms with van der Waals surface area (Å²) >= 11 is 0. The van der Waals surface area contributed by atoms with Crippen LogP contribution in [0.2, 0.25) is 0 Å². The smallest absolute Gasteiger partial charge is 0.228 e. The van der Waals surface area contributed by atoms with Crippen molar-refractivity contribution in [2.45, 2.75) is 26.5 Å². The van der Waals surface area contributed by atoms with Crippen LogP contribution in [-0.4, -0.2) is 24.0 Å². The molecule has 2 unspecified atom stereocenters. The Kier molecular flexibility index (Phi) is 10.7. The first kappa shape index (κ1) is 24.0. The Morgan fingerprint density at radius 1 is 1.23 bits per heavy atom. The van der Waals surface area contributed by atoms with Gasteiger partial charge in [0.15, 0.2) is 11.5 Å². The number of methoxy groups -OCH3 is 1. The molecule has 0 aliphatic heterocycles. The summed E-state index contributed by atoms with van der Waals surface area (Å²) in [6, 6.07) is 8.81. The van der Waals surface area contributed by atoms with Crippen LogP contribution in [0.5, 0.6) is 11.5 Å². The van der Waals surface area contributed by atoms with E-state index in [1.54, 1.807) is 51.6 Å². The number of aromatic nitrogens is 1. The minimum absolute atomic E-state index is 0. The summed E-state index contributed by atoms with van der Waals surface area (Å²) in [6.07, 6.45) is 3.45. The van der Waals surface area contributed by atoms with Crippen molar-refractivity contribution < 1.29 is 14.3 Å². The number of nitrogens with zero attached hydrogens (tertiary/aromatic N) is 1. The number of hydrogen-bond donors (Lipinski definition) is 2. The van der Waals surface area contributed by atoms with E-state index in [1.807, 2.05) is 12.1 Å². The van der Waals surface area contributed by atoms with Gasteiger partial charge < -0.3 is 20.5 Å². The largest absolute Gasteiger partial charge is 0.493 e. The molecule has 1 aromatic heterocycles. The number of carbonyl (C=O) groups excluding carboxylic acids is 1. The van der Waals surface area contributed by atoms with E-state index in [-0.39, 0.29) is 42.7 Å². The van der Waals surface area contributed by atoms with Gasteiger partial charge in [-0.2, -0.15) is 0 Å². The second kappa shape index (κ2) is 11.6. The van der Waals surface area contributed by atoms with Gasteiger partial charge in [0.1, 0.15) is 6.61 Å². The Labute approximate surface area is 166 Å². The van der Waals surface area contributed by atoms with Gasteiger partial charge in [0, 0.05) is 35.8 Å². The highest BCUT2D eigenvalue weighted by atomic mass is 35.5. The Bertz CT molecular complexity index is 685. The van der Waals surface area contributed by atoms with Crippen molar-refractivity contribution in [1.29, 1.82) is 0 Å². The van der Waals surface area contributed by atoms with E-state index >= 15 is 0 Å². The number of pyridine rings is 1. The van der Waals surface area contributed by atoms with Gasteiger partial charge in [-0.15, -0.1) is 24.8 Å². The third-order valence-corrected chi connectivity index (χ3v) is 3.75. The maximum atomic E-state index is 12.1. The van der Waals surface area contributed by atoms with E-state index in [9.17, 15) is 4.79 Å². The molecule has 1 aromatic carbocycles. The molecule has 0 bridgehead atoms. The molecular weight excluding hydrogens is 377 g/mol. The standard InChI is InChI=1S/C18H23N3O3.2ClH/c1-12(13(2)19)18(22)21-15-6-7-16(23-3)17(9-15)24-11-14-5-4-8-20-10-14;;/h4-10,12-13H,11,19H2,1-3H3,(H,21,22);2*1H. The Morgan fingerprint density at radius 3 is 2.54 bits per heavy atom. The van der Waals surface area contributed by atoms with E-state index in [0.717, 1.165) is 5.56 Å². The van der Waals surface area contributed by atoms with Gasteiger partial charge in [0.2, 0.25) is 5.91 Å². The van der Waals surface area contributed by atoms with Crippen LogP contribution in [0.15, 0.2) is 42.7 Å². The second-order valence-electron chi connectivity index (χ2n) is 5.65. The van der Waals surface area contributed by atoms with Gasteiger partial charge in [0.25, 0.3) is 0 Å². The van der Waals surface area contributed by atoms with Crippen molar-refractivity contribution in [2.75, 3.05) is 12.4 Å². The normalized spacial score (nSPS) is 12.0. The molecule has 0 fully saturated rings. The van der Waals surface area contributed by atoms with Gasteiger partial charge in [0.05, 0.1) is 13.0 Å². The maximum Gasteiger partial charge on any atom is 0.228 e. The molecule has 0 aliphatic rings. The number of ether oxygens (including phenoxy) is 2. The quantitative estimate of drug-likeness (QED) is 0.741. The zero-order valence-corrected chi connectivity index (χ0v) is 16.6. The number of nitrogens with two attached hydrogens (primary N) is 1. The lowest BCUT2D eigenvalue weighted by molar-refractivity contribution is -0.119. The Morgan fingerprint density at radius 2 is 1.96 bits per heavy atom. The molecule has 26 heavy (non-hydrogen) atoms. The van der Waals surface area contributed by atoms with E-state index in [2.05, 4.69) is 10.3 Å². The van der Waals surface area contributed by atoms with Crippen LogP contribution in [0.1, 0.15) is 19.4 Å². The minimum Gasteiger partial charge on any atom is -0.493 e. The van der Waals surface area contributed by atoms with Crippen molar-refractivity contribution in [3.05, 3.63) is 48.3 Å². The topological polar surface area (TPSA) is 86.5 Å². The van der Waals surface area contributed by atoms with Crippen LogP contribution >= 0.6 is 24.8 Å². The molecule has 1 heterocycles. The molecular formula is C18H25Cl2N3O3. The summed E-state index contributed by atoms with van der Waals surface area (Å²) in [5.74, 6) is 0.727. The first-order valence-corrected chi connectivity index (χ1v) is 7.77. The van der Waals surface area contributed by atoms with Gasteiger partial charge in [-0.05, 0) is 25.1 Å². The van der Waals surface area contributed by atoms with Crippen molar-refractivity contribution in [1.82, 2.24) is 4.98 Å². The molecule has 2 atom stereocenters. The summed E-state index contributed by atoms with van der Waals surface area (Å²) in [4.78, 5) is 16.2. The molecule has 0 aliphatic carbocycles. The van der Waals surface area contributed by atoms with Crippen molar-refractivity contribution in [3.63, 3.8) is 0 Å². The zero-order chi connectivity index (χ0) is 17.5. The predicted octanol–water partition coefficient (Wildman–Crippen LogP) is 3.43. The number of benzene rings is 1. The van der Waals surface area contributed by atoms with Crippen molar-refractivity contribution in [2.24, 2.45) is 11.7 Å². The molecule has 2 aromatic rings. The van der Waals surface area contributed by atoms with Crippen molar-refractivity contribution >= 4 is 36.4 Å². The number of halogens is 2. The summed E-state index contributed by atoms with van der Waals surface area (Å²) in [6.45, 7) is 3.96. The highest BCUT2D eigenvalue weighted by molar-refractivity contribution is 5.93. The van der Waals surface area contributed by atoms with Crippen LogP contribution in [0.25, 0.3) is 0 Å². The van der Waals surface area contributed by atoms with Gasteiger partial charge >= 0.3 is 0 Å². The van der Waals surface area contributed by atoms with Crippen LogP contribution in [-0.2, 0) is 11.4 Å². The average Bonchev–Trinajstić information content (AvgIpc) is 2.60. The van der Waals surface area contributed by atoms with E-state index in [1.165, 1.54) is 0 Å². The van der Waals surface area contributed by atoms with E-state index in [0.29, 0.717) is 23.8 Å². The summed E-state index contributed by atoms with van der Waals surface area (Å²) < 4.78 is 11.1. The minimum atomic E-state index is -0.285. The molecule has 0 spiro atoms. The van der Waals surface area contributed by atoms with E-state index in [4.69, 9.17) is 15.2 Å². The van der Waals surface area contributed by atoms with Crippen molar-refractivity contribution in [3.8, 4) is 11.5 Å². The Balaban J connectivity index is 0.00000312. The molecule has 0 radical (unpaired) electrons. The SMILES string of the molecule is COc1ccc(NC(=O)C(C)C(C)N)cc1OCc1cccnc1.Cl.Cl. The summed E-state index contributed by atoms with van der Waals surface area (Å²) in [5, 5.41) is 2.85. The zero-order valence-electron chi connectivity index (χ0n) is 15.0. The highest BCUT2D eigenvalue weighted by Gasteiger charge is 2.17. The molecule has 0 saturated heterocycles. The molecule has 2 rings (SSSR count). The fraction of sp³-hybridized carbons (Fsp3) is 0.333. The first-order valence-electron chi connectivity index (χ1n) is 7.77. The fourth-order valence-corrected chi connectivity index (χ4v) is 2.01. The molecule has 3 N–H and O–H groups in total. The number of hydrogen-bond acceptors (Lipinski definition) is 5. The molecule has 0 saturated carbocycles. The second-order valence-corrected chi connectivity index (χ2v) is 5.65. The molecule has 6 nitrogen and oxygen atoms in total. The van der Waals surface area contributed by atoms with Crippen LogP contribution in [0.4, 0.5) is 5.69 Å². The number of amides is 1. The van der Waals surface area contributed by atoms with Gasteiger partial charge in [-0.1, -0.05) is 13.0 Å². The predicted molar refractivity (Wildman–Crippen MR) is 108 cm³/mol. The number of carbonyl (C=O) groups is 1. The van der Waals surface area contributed by atoms with Gasteiger partial charge in [-0.25, -0.2) is 0 Å². The van der Waals surface area contributed by atoms with Crippen LogP contribution in [0.3, 0.4) is 0 Å². The third-order valence-electron chi connectivity index (χ3n) is 3.75. The average molecular weight is 402 g/mol.